The predicted molar refractivity (Wildman–Crippen MR) is 136 cm³/mol. The van der Waals surface area contributed by atoms with Gasteiger partial charge in [-0.1, -0.05) is 56.9 Å². The van der Waals surface area contributed by atoms with Gasteiger partial charge in [-0.05, 0) is 62.5 Å². The lowest BCUT2D eigenvalue weighted by Crippen LogP contribution is -2.49. The largest absolute Gasteiger partial charge is 0.307 e. The molecule has 3 fully saturated rings. The summed E-state index contributed by atoms with van der Waals surface area (Å²) in [6.45, 7) is 4.29. The lowest BCUT2D eigenvalue weighted by Gasteiger charge is -2.42. The van der Waals surface area contributed by atoms with E-state index in [-0.39, 0.29) is 0 Å². The number of carbonyl (C=O) groups excluding carboxylic acids is 3. The van der Waals surface area contributed by atoms with Crippen LogP contribution in [0.15, 0.2) is 35.5 Å². The quantitative estimate of drug-likeness (QED) is 0.521. The molecule has 4 heteroatoms. The Balaban J connectivity index is 0.000000210. The Morgan fingerprint density at radius 1 is 0.848 bits per heavy atom. The van der Waals surface area contributed by atoms with E-state index in [1.165, 1.54) is 51.4 Å². The molecule has 0 aromatic carbocycles. The van der Waals surface area contributed by atoms with E-state index in [1.54, 1.807) is 11.1 Å². The van der Waals surface area contributed by atoms with E-state index < -0.39 is 0 Å². The van der Waals surface area contributed by atoms with Gasteiger partial charge in [0.1, 0.15) is 18.4 Å². The van der Waals surface area contributed by atoms with Crippen LogP contribution in [-0.4, -0.2) is 30.4 Å². The fourth-order valence-corrected chi connectivity index (χ4v) is 5.54. The molecule has 0 radical (unpaired) electrons. The van der Waals surface area contributed by atoms with Crippen LogP contribution in [0.5, 0.6) is 0 Å². The molecule has 184 valence electrons. The second-order valence-electron chi connectivity index (χ2n) is 9.81. The summed E-state index contributed by atoms with van der Waals surface area (Å²) in [7, 11) is 0. The van der Waals surface area contributed by atoms with Crippen LogP contribution in [0.3, 0.4) is 0 Å². The van der Waals surface area contributed by atoms with Crippen LogP contribution in [0.2, 0.25) is 0 Å². The van der Waals surface area contributed by atoms with Crippen molar-refractivity contribution in [3.05, 3.63) is 35.5 Å². The molecular weight excluding hydrogens is 410 g/mol. The number of unbranched alkanes of at least 4 members (excludes halogenated alkanes) is 1. The Kier molecular flexibility index (Phi) is 13.2. The molecule has 0 aromatic rings. The van der Waals surface area contributed by atoms with Crippen molar-refractivity contribution < 1.29 is 14.4 Å². The first-order valence-corrected chi connectivity index (χ1v) is 13.3. The maximum absolute atomic E-state index is 10.5. The fourth-order valence-electron chi connectivity index (χ4n) is 5.54. The van der Waals surface area contributed by atoms with Gasteiger partial charge in [-0.25, -0.2) is 0 Å². The van der Waals surface area contributed by atoms with Gasteiger partial charge in [0.15, 0.2) is 0 Å². The average Bonchev–Trinajstić information content (AvgIpc) is 3.36. The maximum atomic E-state index is 10.5. The minimum Gasteiger partial charge on any atom is -0.307 e. The second kappa shape index (κ2) is 15.9. The van der Waals surface area contributed by atoms with Crippen molar-refractivity contribution in [3.63, 3.8) is 0 Å². The van der Waals surface area contributed by atoms with Gasteiger partial charge in [-0.15, -0.1) is 0 Å². The Morgan fingerprint density at radius 2 is 1.45 bits per heavy atom. The third kappa shape index (κ3) is 9.16. The van der Waals surface area contributed by atoms with E-state index in [2.05, 4.69) is 36.5 Å². The minimum atomic E-state index is 0.454. The predicted octanol–water partition coefficient (Wildman–Crippen LogP) is 6.59. The van der Waals surface area contributed by atoms with Crippen molar-refractivity contribution in [2.75, 3.05) is 0 Å². The standard InChI is InChI=1S/C17H25N.C6H10O.C5H8O.CH2O/c1-2-3-11-16-14-9-5-4-8-13(14)15-10-6-7-12-17(15)18-16;7-6-4-2-1-3-5-6;6-5-3-1-2-4-5;1-2/h4-5,8-9,14,16-18H,2-3,6-7,10-12H2,1H3;1-5H2;1-4H2;1H2. The first kappa shape index (κ1) is 27.4. The maximum Gasteiger partial charge on any atom is 0.132 e. The molecule has 5 rings (SSSR count). The van der Waals surface area contributed by atoms with Crippen LogP contribution in [0.25, 0.3) is 0 Å². The summed E-state index contributed by atoms with van der Waals surface area (Å²) in [5.74, 6) is 1.56. The van der Waals surface area contributed by atoms with Crippen molar-refractivity contribution >= 4 is 18.4 Å². The molecule has 0 amide bonds. The van der Waals surface area contributed by atoms with Crippen LogP contribution in [-0.2, 0) is 14.4 Å². The van der Waals surface area contributed by atoms with Gasteiger partial charge in [-0.2, -0.15) is 0 Å². The first-order chi connectivity index (χ1) is 16.2. The fraction of sp³-hybridized carbons (Fsp3) is 0.690. The number of hydrogen-bond donors (Lipinski definition) is 1. The van der Waals surface area contributed by atoms with E-state index in [4.69, 9.17) is 4.79 Å². The topological polar surface area (TPSA) is 63.2 Å². The summed E-state index contributed by atoms with van der Waals surface area (Å²) >= 11 is 0. The van der Waals surface area contributed by atoms with Crippen molar-refractivity contribution in [2.24, 2.45) is 5.92 Å². The number of Topliss-reactive ketones (excluding diaryl/α,β-unsaturated/α-hetero) is 2. The molecule has 33 heavy (non-hydrogen) atoms. The molecule has 0 aromatic heterocycles. The van der Waals surface area contributed by atoms with Crippen LogP contribution in [0, 0.1) is 5.92 Å². The lowest BCUT2D eigenvalue weighted by molar-refractivity contribution is -0.120. The Bertz CT molecular complexity index is 690. The van der Waals surface area contributed by atoms with Gasteiger partial charge in [0, 0.05) is 43.7 Å². The summed E-state index contributed by atoms with van der Waals surface area (Å²) in [6, 6.07) is 1.36. The smallest absolute Gasteiger partial charge is 0.132 e. The van der Waals surface area contributed by atoms with Gasteiger partial charge < -0.3 is 10.1 Å². The SMILES string of the molecule is C=O.CCCCC1NC2CCCCC2=C2C=CC=CC21.O=C1CCCC1.O=C1CCCCC1. The Hall–Kier alpha value is -1.81. The number of allylic oxidation sites excluding steroid dienone is 3. The summed E-state index contributed by atoms with van der Waals surface area (Å²) in [5.41, 5.74) is 3.38. The molecule has 0 spiro atoms. The number of rotatable bonds is 3. The minimum absolute atomic E-state index is 0.454. The van der Waals surface area contributed by atoms with E-state index in [0.717, 1.165) is 51.4 Å². The van der Waals surface area contributed by atoms with E-state index in [1.807, 2.05) is 6.79 Å². The average molecular weight is 456 g/mol. The molecule has 3 atom stereocenters. The number of fused-ring (bicyclic) bond motifs is 2. The molecule has 0 bridgehead atoms. The van der Waals surface area contributed by atoms with Gasteiger partial charge in [0.25, 0.3) is 0 Å². The molecule has 3 saturated carbocycles. The van der Waals surface area contributed by atoms with Gasteiger partial charge in [-0.3, -0.25) is 9.59 Å². The zero-order valence-corrected chi connectivity index (χ0v) is 20.8. The number of ketones is 2. The lowest BCUT2D eigenvalue weighted by atomic mass is 9.73. The highest BCUT2D eigenvalue weighted by Gasteiger charge is 2.35. The van der Waals surface area contributed by atoms with Crippen molar-refractivity contribution in [1.29, 1.82) is 0 Å². The molecule has 3 unspecified atom stereocenters. The molecule has 4 nitrogen and oxygen atoms in total. The highest BCUT2D eigenvalue weighted by molar-refractivity contribution is 5.80. The summed E-state index contributed by atoms with van der Waals surface area (Å²) in [6.07, 6.45) is 27.9. The van der Waals surface area contributed by atoms with Crippen LogP contribution in [0.1, 0.15) is 110 Å². The van der Waals surface area contributed by atoms with E-state index >= 15 is 0 Å². The molecule has 1 heterocycles. The second-order valence-corrected chi connectivity index (χ2v) is 9.81. The summed E-state index contributed by atoms with van der Waals surface area (Å²) < 4.78 is 0. The van der Waals surface area contributed by atoms with Crippen molar-refractivity contribution in [1.82, 2.24) is 5.32 Å². The van der Waals surface area contributed by atoms with Crippen molar-refractivity contribution in [2.45, 2.75) is 122 Å². The highest BCUT2D eigenvalue weighted by Crippen LogP contribution is 2.38. The third-order valence-corrected chi connectivity index (χ3v) is 7.33. The molecule has 0 saturated heterocycles. The zero-order valence-electron chi connectivity index (χ0n) is 20.8. The van der Waals surface area contributed by atoms with Gasteiger partial charge in [0.05, 0.1) is 0 Å². The van der Waals surface area contributed by atoms with Crippen LogP contribution in [0.4, 0.5) is 0 Å². The highest BCUT2D eigenvalue weighted by atomic mass is 16.1. The van der Waals surface area contributed by atoms with E-state index in [0.29, 0.717) is 29.6 Å². The normalized spacial score (nSPS) is 27.7. The summed E-state index contributed by atoms with van der Waals surface area (Å²) in [4.78, 5) is 28.7. The zero-order chi connectivity index (χ0) is 23.9. The molecule has 1 aliphatic heterocycles. The molecule has 4 aliphatic carbocycles. The monoisotopic (exact) mass is 455 g/mol. The number of carbonyl (C=O) groups is 3. The van der Waals surface area contributed by atoms with Gasteiger partial charge >= 0.3 is 0 Å². The Morgan fingerprint density at radius 3 is 2.03 bits per heavy atom. The van der Waals surface area contributed by atoms with Crippen LogP contribution >= 0.6 is 0 Å². The first-order valence-electron chi connectivity index (χ1n) is 13.3. The van der Waals surface area contributed by atoms with E-state index in [9.17, 15) is 9.59 Å². The third-order valence-electron chi connectivity index (χ3n) is 7.33. The molecule has 1 N–H and O–H groups in total. The Labute approximate surface area is 201 Å². The summed E-state index contributed by atoms with van der Waals surface area (Å²) in [5, 5.41) is 3.95. The molecule has 5 aliphatic rings. The number of nitrogens with one attached hydrogen (secondary N) is 1. The van der Waals surface area contributed by atoms with Crippen molar-refractivity contribution in [3.8, 4) is 0 Å². The number of hydrogen-bond acceptors (Lipinski definition) is 4. The van der Waals surface area contributed by atoms with Crippen LogP contribution < -0.4 is 5.32 Å². The van der Waals surface area contributed by atoms with Gasteiger partial charge in [0.2, 0.25) is 0 Å². The molecular formula is C29H45NO3.